The fourth-order valence-electron chi connectivity index (χ4n) is 3.81. The van der Waals surface area contributed by atoms with Crippen LogP contribution in [-0.2, 0) is 32.0 Å². The third kappa shape index (κ3) is 7.58. The summed E-state index contributed by atoms with van der Waals surface area (Å²) in [6.07, 6.45) is 2.11. The molecule has 10 nitrogen and oxygen atoms in total. The number of carbonyl (C=O) groups is 4. The van der Waals surface area contributed by atoms with E-state index < -0.39 is 47.9 Å². The minimum Gasteiger partial charge on any atom is -0.480 e. The van der Waals surface area contributed by atoms with Gasteiger partial charge >= 0.3 is 5.97 Å². The Morgan fingerprint density at radius 3 is 2.19 bits per heavy atom. The fourth-order valence-corrected chi connectivity index (χ4v) is 4.07. The highest BCUT2D eigenvalue weighted by Crippen LogP contribution is 2.19. The Balaban J connectivity index is 1.72. The van der Waals surface area contributed by atoms with Gasteiger partial charge in [-0.15, -0.1) is 0 Å². The first kappa shape index (κ1) is 27.8. The summed E-state index contributed by atoms with van der Waals surface area (Å²) in [7, 11) is 0. The number of benzene rings is 2. The molecule has 4 unspecified atom stereocenters. The molecule has 0 bridgehead atoms. The number of aliphatic carboxylic acids is 1. The summed E-state index contributed by atoms with van der Waals surface area (Å²) < 4.78 is 0. The van der Waals surface area contributed by atoms with Crippen molar-refractivity contribution in [2.75, 3.05) is 5.75 Å². The zero-order chi connectivity index (χ0) is 26.9. The van der Waals surface area contributed by atoms with Crippen LogP contribution in [0.15, 0.2) is 60.8 Å². The Hall–Kier alpha value is -3.83. The summed E-state index contributed by atoms with van der Waals surface area (Å²) >= 11 is 4.19. The number of carbonyl (C=O) groups excluding carboxylic acids is 3. The number of H-pyrrole nitrogens is 1. The average Bonchev–Trinajstić information content (AvgIpc) is 3.29. The van der Waals surface area contributed by atoms with Crippen molar-refractivity contribution in [1.29, 1.82) is 0 Å². The van der Waals surface area contributed by atoms with Gasteiger partial charge in [-0.05, 0) is 30.5 Å². The van der Waals surface area contributed by atoms with E-state index in [2.05, 4.69) is 33.6 Å². The average molecular weight is 526 g/mol. The van der Waals surface area contributed by atoms with E-state index in [1.165, 1.54) is 6.92 Å². The first-order valence-corrected chi connectivity index (χ1v) is 12.4. The van der Waals surface area contributed by atoms with Crippen molar-refractivity contribution in [3.63, 3.8) is 0 Å². The summed E-state index contributed by atoms with van der Waals surface area (Å²) in [5.41, 5.74) is 8.53. The summed E-state index contributed by atoms with van der Waals surface area (Å²) in [6.45, 7) is 1.33. The van der Waals surface area contributed by atoms with Gasteiger partial charge in [0, 0.05) is 29.3 Å². The van der Waals surface area contributed by atoms with Gasteiger partial charge in [0.05, 0.1) is 6.04 Å². The number of rotatable bonds is 12. The number of aromatic nitrogens is 1. The van der Waals surface area contributed by atoms with Gasteiger partial charge < -0.3 is 31.8 Å². The molecule has 4 atom stereocenters. The number of thiol groups is 1. The molecule has 196 valence electrons. The van der Waals surface area contributed by atoms with Crippen LogP contribution in [0, 0.1) is 0 Å². The highest BCUT2D eigenvalue weighted by atomic mass is 32.1. The standard InChI is InChI=1S/C26H31N5O5S/c1-15(26(35)36)29-24(33)21(12-17-13-28-20-10-6-5-9-18(17)20)30-25(34)22(14-37)31-23(32)19(27)11-16-7-3-2-4-8-16/h2-10,13,15,19,21-22,28,37H,11-12,14,27H2,1H3,(H,29,33)(H,30,34)(H,31,32)(H,35,36). The first-order valence-electron chi connectivity index (χ1n) is 11.8. The summed E-state index contributed by atoms with van der Waals surface area (Å²) in [5, 5.41) is 17.7. The van der Waals surface area contributed by atoms with Gasteiger partial charge in [0.2, 0.25) is 17.7 Å². The molecule has 3 amide bonds. The maximum Gasteiger partial charge on any atom is 0.325 e. The lowest BCUT2D eigenvalue weighted by Gasteiger charge is -2.24. The SMILES string of the molecule is CC(NC(=O)C(Cc1c[nH]c2ccccc12)NC(=O)C(CS)NC(=O)C(N)Cc1ccccc1)C(=O)O. The fraction of sp³-hybridized carbons (Fsp3) is 0.308. The molecule has 0 saturated heterocycles. The Morgan fingerprint density at radius 2 is 1.51 bits per heavy atom. The molecule has 1 aromatic heterocycles. The van der Waals surface area contributed by atoms with Crippen molar-refractivity contribution in [3.05, 3.63) is 71.9 Å². The number of aromatic amines is 1. The Bertz CT molecular complexity index is 1250. The number of amides is 3. The molecular formula is C26H31N5O5S. The van der Waals surface area contributed by atoms with Crippen LogP contribution < -0.4 is 21.7 Å². The van der Waals surface area contributed by atoms with Gasteiger partial charge in [-0.3, -0.25) is 19.2 Å². The van der Waals surface area contributed by atoms with E-state index in [4.69, 9.17) is 5.73 Å². The van der Waals surface area contributed by atoms with Crippen LogP contribution in [0.4, 0.5) is 0 Å². The van der Waals surface area contributed by atoms with Crippen molar-refractivity contribution in [2.24, 2.45) is 5.73 Å². The van der Waals surface area contributed by atoms with E-state index in [0.29, 0.717) is 0 Å². The number of carboxylic acid groups (broad SMARTS) is 1. The van der Waals surface area contributed by atoms with Crippen LogP contribution in [-0.4, -0.2) is 63.7 Å². The molecule has 0 aliphatic rings. The van der Waals surface area contributed by atoms with Gasteiger partial charge in [0.1, 0.15) is 18.1 Å². The molecule has 2 aromatic carbocycles. The highest BCUT2D eigenvalue weighted by Gasteiger charge is 2.29. The number of hydrogen-bond donors (Lipinski definition) is 7. The van der Waals surface area contributed by atoms with Crippen LogP contribution in [0.3, 0.4) is 0 Å². The van der Waals surface area contributed by atoms with Crippen molar-refractivity contribution in [3.8, 4) is 0 Å². The molecule has 11 heteroatoms. The molecule has 0 spiro atoms. The zero-order valence-corrected chi connectivity index (χ0v) is 21.2. The van der Waals surface area contributed by atoms with Crippen LogP contribution in [0.1, 0.15) is 18.1 Å². The van der Waals surface area contributed by atoms with Gasteiger partial charge in [-0.2, -0.15) is 12.6 Å². The van der Waals surface area contributed by atoms with Gasteiger partial charge in [-0.25, -0.2) is 0 Å². The van der Waals surface area contributed by atoms with Crippen molar-refractivity contribution in [2.45, 2.75) is 43.9 Å². The third-order valence-corrected chi connectivity index (χ3v) is 6.28. The van der Waals surface area contributed by atoms with Crippen LogP contribution in [0.5, 0.6) is 0 Å². The first-order chi connectivity index (χ1) is 17.7. The second-order valence-corrected chi connectivity index (χ2v) is 9.10. The predicted octanol–water partition coefficient (Wildman–Crippen LogP) is 0.769. The van der Waals surface area contributed by atoms with E-state index in [1.54, 1.807) is 6.20 Å². The Labute approximate surface area is 219 Å². The molecule has 0 aliphatic carbocycles. The topological polar surface area (TPSA) is 166 Å². The molecule has 0 fully saturated rings. The summed E-state index contributed by atoms with van der Waals surface area (Å²) in [5.74, 6) is -3.09. The van der Waals surface area contributed by atoms with Crippen LogP contribution in [0.25, 0.3) is 10.9 Å². The Morgan fingerprint density at radius 1 is 0.892 bits per heavy atom. The maximum absolute atomic E-state index is 13.1. The normalized spacial score (nSPS) is 14.2. The molecular weight excluding hydrogens is 494 g/mol. The highest BCUT2D eigenvalue weighted by molar-refractivity contribution is 7.80. The number of carboxylic acids is 1. The monoisotopic (exact) mass is 525 g/mol. The molecule has 3 aromatic rings. The van der Waals surface area contributed by atoms with E-state index in [9.17, 15) is 24.3 Å². The van der Waals surface area contributed by atoms with E-state index >= 15 is 0 Å². The minimum atomic E-state index is -1.21. The number of para-hydroxylation sites is 1. The number of nitrogens with one attached hydrogen (secondary N) is 4. The van der Waals surface area contributed by atoms with Crippen LogP contribution >= 0.6 is 12.6 Å². The lowest BCUT2D eigenvalue weighted by Crippen LogP contribution is -2.58. The number of fused-ring (bicyclic) bond motifs is 1. The van der Waals surface area contributed by atoms with Crippen molar-refractivity contribution in [1.82, 2.24) is 20.9 Å². The lowest BCUT2D eigenvalue weighted by atomic mass is 10.0. The third-order valence-electron chi connectivity index (χ3n) is 5.91. The molecule has 0 aliphatic heterocycles. The molecule has 1 heterocycles. The van der Waals surface area contributed by atoms with Gasteiger partial charge in [0.25, 0.3) is 0 Å². The second kappa shape index (κ2) is 12.9. The molecule has 37 heavy (non-hydrogen) atoms. The quantitative estimate of drug-likeness (QED) is 0.173. The van der Waals surface area contributed by atoms with Gasteiger partial charge in [0.15, 0.2) is 0 Å². The number of nitrogens with two attached hydrogens (primary N) is 1. The van der Waals surface area contributed by atoms with E-state index in [0.717, 1.165) is 22.0 Å². The van der Waals surface area contributed by atoms with Gasteiger partial charge in [-0.1, -0.05) is 48.5 Å². The summed E-state index contributed by atoms with van der Waals surface area (Å²) in [6, 6.07) is 12.5. The second-order valence-electron chi connectivity index (χ2n) is 8.73. The van der Waals surface area contributed by atoms with Crippen molar-refractivity contribution >= 4 is 47.2 Å². The minimum absolute atomic E-state index is 0.0391. The maximum atomic E-state index is 13.1. The number of hydrogen-bond acceptors (Lipinski definition) is 6. The molecule has 0 saturated carbocycles. The van der Waals surface area contributed by atoms with Crippen LogP contribution in [0.2, 0.25) is 0 Å². The molecule has 0 radical (unpaired) electrons. The summed E-state index contributed by atoms with van der Waals surface area (Å²) in [4.78, 5) is 53.1. The zero-order valence-electron chi connectivity index (χ0n) is 20.3. The van der Waals surface area contributed by atoms with E-state index in [1.807, 2.05) is 54.6 Å². The smallest absolute Gasteiger partial charge is 0.325 e. The predicted molar refractivity (Wildman–Crippen MR) is 143 cm³/mol. The lowest BCUT2D eigenvalue weighted by molar-refractivity contribution is -0.141. The molecule has 7 N–H and O–H groups in total. The Kier molecular flexibility index (Phi) is 9.70. The van der Waals surface area contributed by atoms with E-state index in [-0.39, 0.29) is 18.6 Å². The van der Waals surface area contributed by atoms with Crippen molar-refractivity contribution < 1.29 is 24.3 Å². The molecule has 3 rings (SSSR count). The largest absolute Gasteiger partial charge is 0.480 e.